The Bertz CT molecular complexity index is 592. The molecular formula is C17H20N2O4. The second kappa shape index (κ2) is 8.18. The van der Waals surface area contributed by atoms with Crippen molar-refractivity contribution < 1.29 is 19.4 Å². The molecule has 6 nitrogen and oxygen atoms in total. The van der Waals surface area contributed by atoms with Crippen LogP contribution in [0.15, 0.2) is 24.3 Å². The topological polar surface area (TPSA) is 90.6 Å². The Morgan fingerprint density at radius 1 is 1.30 bits per heavy atom. The van der Waals surface area contributed by atoms with E-state index in [9.17, 15) is 9.59 Å². The van der Waals surface area contributed by atoms with Crippen LogP contribution in [0, 0.1) is 11.3 Å². The number of hydrogen-bond acceptors (Lipinski definition) is 4. The molecule has 2 rings (SSSR count). The summed E-state index contributed by atoms with van der Waals surface area (Å²) in [5.74, 6) is -0.419. The molecule has 1 amide bonds. The van der Waals surface area contributed by atoms with E-state index in [1.54, 1.807) is 29.2 Å². The van der Waals surface area contributed by atoms with E-state index in [2.05, 4.69) is 0 Å². The summed E-state index contributed by atoms with van der Waals surface area (Å²) in [5.41, 5.74) is 0.536. The van der Waals surface area contributed by atoms with E-state index >= 15 is 0 Å². The number of carbonyl (C=O) groups is 2. The summed E-state index contributed by atoms with van der Waals surface area (Å²) in [7, 11) is 0. The number of aliphatic carboxylic acids is 1. The van der Waals surface area contributed by atoms with Crippen molar-refractivity contribution in [1.82, 2.24) is 4.90 Å². The molecule has 6 heteroatoms. The number of hydrogen-bond donors (Lipinski definition) is 1. The van der Waals surface area contributed by atoms with Crippen LogP contribution in [0.4, 0.5) is 0 Å². The lowest BCUT2D eigenvalue weighted by Gasteiger charge is -2.35. The standard InChI is InChI=1S/C17H20N2O4/c18-11-13-4-7-15(8-5-13)23-12-16(20)19-10-2-1-3-14(19)6-9-17(21)22/h4-5,7-8,14H,1-3,6,9-10,12H2,(H,21,22)/t14-/m1/s1. The number of benzene rings is 1. The van der Waals surface area contributed by atoms with Gasteiger partial charge in [-0.15, -0.1) is 0 Å². The van der Waals surface area contributed by atoms with Crippen molar-refractivity contribution in [3.8, 4) is 11.8 Å². The first-order valence-corrected chi connectivity index (χ1v) is 7.74. The summed E-state index contributed by atoms with van der Waals surface area (Å²) in [6, 6.07) is 8.59. The van der Waals surface area contributed by atoms with Crippen LogP contribution in [0.25, 0.3) is 0 Å². The molecule has 1 saturated heterocycles. The molecule has 1 aliphatic heterocycles. The second-order valence-corrected chi connectivity index (χ2v) is 5.59. The first kappa shape index (κ1) is 16.8. The Morgan fingerprint density at radius 2 is 2.04 bits per heavy atom. The fourth-order valence-corrected chi connectivity index (χ4v) is 2.77. The molecule has 1 aromatic carbocycles. The molecule has 23 heavy (non-hydrogen) atoms. The molecule has 1 fully saturated rings. The molecule has 1 aromatic rings. The highest BCUT2D eigenvalue weighted by molar-refractivity contribution is 5.78. The lowest BCUT2D eigenvalue weighted by atomic mass is 9.98. The van der Waals surface area contributed by atoms with Gasteiger partial charge in [0.15, 0.2) is 6.61 Å². The Labute approximate surface area is 135 Å². The summed E-state index contributed by atoms with van der Waals surface area (Å²) >= 11 is 0. The number of carboxylic acids is 1. The number of rotatable bonds is 6. The molecule has 1 aliphatic rings. The first-order chi connectivity index (χ1) is 11.1. The van der Waals surface area contributed by atoms with Crippen LogP contribution in [0.1, 0.15) is 37.7 Å². The van der Waals surface area contributed by atoms with Crippen LogP contribution < -0.4 is 4.74 Å². The normalized spacial score (nSPS) is 17.3. The van der Waals surface area contributed by atoms with Gasteiger partial charge in [-0.25, -0.2) is 0 Å². The third-order valence-corrected chi connectivity index (χ3v) is 3.98. The second-order valence-electron chi connectivity index (χ2n) is 5.59. The van der Waals surface area contributed by atoms with Gasteiger partial charge in [-0.3, -0.25) is 9.59 Å². The zero-order valence-electron chi connectivity index (χ0n) is 12.9. The maximum absolute atomic E-state index is 12.4. The number of carbonyl (C=O) groups excluding carboxylic acids is 1. The molecule has 0 radical (unpaired) electrons. The van der Waals surface area contributed by atoms with E-state index in [0.717, 1.165) is 19.3 Å². The highest BCUT2D eigenvalue weighted by Gasteiger charge is 2.27. The molecule has 0 spiro atoms. The van der Waals surface area contributed by atoms with Crippen LogP contribution in [0.5, 0.6) is 5.75 Å². The fraction of sp³-hybridized carbons (Fsp3) is 0.471. The van der Waals surface area contributed by atoms with Crippen LogP contribution in [-0.4, -0.2) is 41.1 Å². The Hall–Kier alpha value is -2.55. The molecule has 1 N–H and O–H groups in total. The van der Waals surface area contributed by atoms with Crippen molar-refractivity contribution in [2.75, 3.05) is 13.2 Å². The number of ether oxygens (including phenoxy) is 1. The number of piperidine rings is 1. The number of amides is 1. The quantitative estimate of drug-likeness (QED) is 0.868. The number of nitrogens with zero attached hydrogens (tertiary/aromatic N) is 2. The molecular weight excluding hydrogens is 296 g/mol. The third-order valence-electron chi connectivity index (χ3n) is 3.98. The number of carboxylic acid groups (broad SMARTS) is 1. The zero-order valence-corrected chi connectivity index (χ0v) is 12.9. The van der Waals surface area contributed by atoms with Crippen LogP contribution in [-0.2, 0) is 9.59 Å². The third kappa shape index (κ3) is 4.99. The van der Waals surface area contributed by atoms with Gasteiger partial charge in [0, 0.05) is 19.0 Å². The van der Waals surface area contributed by atoms with Gasteiger partial charge in [-0.05, 0) is 49.9 Å². The smallest absolute Gasteiger partial charge is 0.303 e. The van der Waals surface area contributed by atoms with Crippen molar-refractivity contribution in [3.63, 3.8) is 0 Å². The summed E-state index contributed by atoms with van der Waals surface area (Å²) in [6.07, 6.45) is 3.36. The summed E-state index contributed by atoms with van der Waals surface area (Å²) in [6.45, 7) is 0.579. The summed E-state index contributed by atoms with van der Waals surface area (Å²) < 4.78 is 5.48. The first-order valence-electron chi connectivity index (χ1n) is 7.74. The van der Waals surface area contributed by atoms with Crippen molar-refractivity contribution in [2.24, 2.45) is 0 Å². The minimum Gasteiger partial charge on any atom is -0.484 e. The van der Waals surface area contributed by atoms with Crippen molar-refractivity contribution in [1.29, 1.82) is 5.26 Å². The Balaban J connectivity index is 1.89. The van der Waals surface area contributed by atoms with E-state index in [0.29, 0.717) is 24.3 Å². The maximum atomic E-state index is 12.4. The SMILES string of the molecule is N#Cc1ccc(OCC(=O)N2CCCC[C@@H]2CCC(=O)O)cc1. The maximum Gasteiger partial charge on any atom is 0.303 e. The van der Waals surface area contributed by atoms with E-state index in [4.69, 9.17) is 15.1 Å². The lowest BCUT2D eigenvalue weighted by Crippen LogP contribution is -2.46. The molecule has 0 bridgehead atoms. The predicted octanol–water partition coefficient (Wildman–Crippen LogP) is 2.18. The van der Waals surface area contributed by atoms with Gasteiger partial charge in [-0.1, -0.05) is 0 Å². The average molecular weight is 316 g/mol. The van der Waals surface area contributed by atoms with Crippen molar-refractivity contribution in [3.05, 3.63) is 29.8 Å². The van der Waals surface area contributed by atoms with E-state index < -0.39 is 5.97 Å². The highest BCUT2D eigenvalue weighted by Crippen LogP contribution is 2.21. The van der Waals surface area contributed by atoms with Gasteiger partial charge < -0.3 is 14.7 Å². The Kier molecular flexibility index (Phi) is 5.98. The molecule has 0 aromatic heterocycles. The molecule has 0 saturated carbocycles. The van der Waals surface area contributed by atoms with Crippen LogP contribution >= 0.6 is 0 Å². The minimum absolute atomic E-state index is 0.0167. The van der Waals surface area contributed by atoms with Gasteiger partial charge in [0.25, 0.3) is 5.91 Å². The van der Waals surface area contributed by atoms with Gasteiger partial charge in [-0.2, -0.15) is 5.26 Å². The van der Waals surface area contributed by atoms with E-state index in [-0.39, 0.29) is 25.0 Å². The number of likely N-dealkylation sites (tertiary alicyclic amines) is 1. The van der Waals surface area contributed by atoms with Crippen molar-refractivity contribution in [2.45, 2.75) is 38.1 Å². The summed E-state index contributed by atoms with van der Waals surface area (Å²) in [5, 5.41) is 17.6. The zero-order chi connectivity index (χ0) is 16.7. The van der Waals surface area contributed by atoms with E-state index in [1.165, 1.54) is 0 Å². The lowest BCUT2D eigenvalue weighted by molar-refractivity contribution is -0.141. The molecule has 1 atom stereocenters. The molecule has 122 valence electrons. The largest absolute Gasteiger partial charge is 0.484 e. The van der Waals surface area contributed by atoms with Crippen LogP contribution in [0.3, 0.4) is 0 Å². The average Bonchev–Trinajstić information content (AvgIpc) is 2.58. The van der Waals surface area contributed by atoms with Gasteiger partial charge in [0.05, 0.1) is 11.6 Å². The van der Waals surface area contributed by atoms with Gasteiger partial charge >= 0.3 is 5.97 Å². The van der Waals surface area contributed by atoms with Crippen LogP contribution in [0.2, 0.25) is 0 Å². The van der Waals surface area contributed by atoms with Crippen molar-refractivity contribution >= 4 is 11.9 Å². The van der Waals surface area contributed by atoms with E-state index in [1.807, 2.05) is 6.07 Å². The van der Waals surface area contributed by atoms with Gasteiger partial charge in [0.1, 0.15) is 5.75 Å². The monoisotopic (exact) mass is 316 g/mol. The molecule has 1 heterocycles. The predicted molar refractivity (Wildman–Crippen MR) is 82.9 cm³/mol. The minimum atomic E-state index is -0.836. The Morgan fingerprint density at radius 3 is 2.70 bits per heavy atom. The number of nitriles is 1. The fourth-order valence-electron chi connectivity index (χ4n) is 2.77. The summed E-state index contributed by atoms with van der Waals surface area (Å²) in [4.78, 5) is 24.8. The highest BCUT2D eigenvalue weighted by atomic mass is 16.5. The molecule has 0 unspecified atom stereocenters. The molecule has 0 aliphatic carbocycles. The van der Waals surface area contributed by atoms with Gasteiger partial charge in [0.2, 0.25) is 0 Å².